The number of benzene rings is 2. The number of aromatic nitrogens is 1. The van der Waals surface area contributed by atoms with E-state index in [1.807, 2.05) is 11.8 Å². The summed E-state index contributed by atoms with van der Waals surface area (Å²) in [6.07, 6.45) is 1.15. The van der Waals surface area contributed by atoms with Crippen LogP contribution >= 0.6 is 0 Å². The number of fused-ring (bicyclic) bond motifs is 2. The van der Waals surface area contributed by atoms with Gasteiger partial charge in [0.2, 0.25) is 11.8 Å². The summed E-state index contributed by atoms with van der Waals surface area (Å²) in [6.45, 7) is 4.78. The van der Waals surface area contributed by atoms with Crippen LogP contribution in [0.4, 0.5) is 5.69 Å². The van der Waals surface area contributed by atoms with Crippen molar-refractivity contribution in [2.75, 3.05) is 45.2 Å². The number of nitrogens with zero attached hydrogens (tertiary/aromatic N) is 3. The van der Waals surface area contributed by atoms with E-state index in [2.05, 4.69) is 21.7 Å². The van der Waals surface area contributed by atoms with Crippen LogP contribution in [-0.4, -0.2) is 67.7 Å². The molecule has 3 heterocycles. The number of amides is 2. The topological polar surface area (TPSA) is 126 Å². The van der Waals surface area contributed by atoms with Crippen molar-refractivity contribution in [2.45, 2.75) is 18.9 Å². The van der Waals surface area contributed by atoms with Crippen LogP contribution in [0.25, 0.3) is 10.9 Å². The number of rotatable bonds is 6. The van der Waals surface area contributed by atoms with Crippen molar-refractivity contribution in [3.8, 4) is 23.3 Å². The molecular weight excluding hydrogens is 474 g/mol. The van der Waals surface area contributed by atoms with Crippen LogP contribution in [0.5, 0.6) is 17.2 Å². The molecule has 2 aromatic carbocycles. The second kappa shape index (κ2) is 10.4. The first-order chi connectivity index (χ1) is 18.0. The van der Waals surface area contributed by atoms with E-state index in [1.165, 1.54) is 6.20 Å². The van der Waals surface area contributed by atoms with Gasteiger partial charge in [0.05, 0.1) is 25.3 Å². The number of carbonyl (C=O) groups excluding carboxylic acids is 2. The zero-order valence-electron chi connectivity index (χ0n) is 20.6. The zero-order valence-corrected chi connectivity index (χ0v) is 20.6. The van der Waals surface area contributed by atoms with E-state index in [0.29, 0.717) is 60.1 Å². The summed E-state index contributed by atoms with van der Waals surface area (Å²) in [5, 5.41) is 15.9. The molecule has 5 rings (SSSR count). The Bertz CT molecular complexity index is 1400. The van der Waals surface area contributed by atoms with E-state index in [-0.39, 0.29) is 30.0 Å². The van der Waals surface area contributed by atoms with Crippen LogP contribution in [0.2, 0.25) is 0 Å². The molecule has 1 aromatic heterocycles. The average molecular weight is 502 g/mol. The fraction of sp³-hybridized carbons (Fsp3) is 0.333. The third-order valence-corrected chi connectivity index (χ3v) is 6.54. The summed E-state index contributed by atoms with van der Waals surface area (Å²) in [5.74, 6) is 0.680. The number of nitrogens with one attached hydrogen (secondary N) is 2. The predicted octanol–water partition coefficient (Wildman–Crippen LogP) is 2.78. The maximum absolute atomic E-state index is 12.6. The molecule has 10 heteroatoms. The van der Waals surface area contributed by atoms with Crippen molar-refractivity contribution in [3.05, 3.63) is 53.7 Å². The molecule has 0 spiro atoms. The summed E-state index contributed by atoms with van der Waals surface area (Å²) >= 11 is 0. The van der Waals surface area contributed by atoms with Gasteiger partial charge in [-0.2, -0.15) is 5.26 Å². The van der Waals surface area contributed by atoms with Crippen LogP contribution in [0.3, 0.4) is 0 Å². The van der Waals surface area contributed by atoms with Gasteiger partial charge in [-0.3, -0.25) is 19.5 Å². The normalized spacial score (nSPS) is 18.9. The Morgan fingerprint density at radius 1 is 1.22 bits per heavy atom. The van der Waals surface area contributed by atoms with Gasteiger partial charge in [0.1, 0.15) is 35.2 Å². The molecule has 0 radical (unpaired) electrons. The molecule has 2 aliphatic rings. The molecule has 3 aromatic rings. The highest BCUT2D eigenvalue weighted by molar-refractivity contribution is 5.96. The maximum Gasteiger partial charge on any atom is 0.238 e. The van der Waals surface area contributed by atoms with Crippen molar-refractivity contribution in [2.24, 2.45) is 0 Å². The molecule has 2 atom stereocenters. The van der Waals surface area contributed by atoms with E-state index < -0.39 is 5.92 Å². The quantitative estimate of drug-likeness (QED) is 0.528. The Morgan fingerprint density at radius 3 is 2.78 bits per heavy atom. The van der Waals surface area contributed by atoms with E-state index in [9.17, 15) is 14.9 Å². The molecule has 2 amide bonds. The van der Waals surface area contributed by atoms with E-state index >= 15 is 0 Å². The highest BCUT2D eigenvalue weighted by Gasteiger charge is 2.36. The standard InChI is InChI=1S/C27H27N5O5/c1-16-25(27(34)29-2)20-5-4-19(12-23(20)36-16)37-26-17(13-28)14-30-22-6-3-18(11-21(22)26)31-24(33)15-32-7-9-35-10-8-32/h3-6,11-12,14,16,25H,7-10,15H2,1-2H3,(H,29,34)(H,31,33). The summed E-state index contributed by atoms with van der Waals surface area (Å²) in [5.41, 5.74) is 2.23. The average Bonchev–Trinajstić information content (AvgIpc) is 3.24. The number of carbonyl (C=O) groups is 2. The Morgan fingerprint density at radius 2 is 2.03 bits per heavy atom. The van der Waals surface area contributed by atoms with Gasteiger partial charge >= 0.3 is 0 Å². The monoisotopic (exact) mass is 501 g/mol. The van der Waals surface area contributed by atoms with Gasteiger partial charge < -0.3 is 24.8 Å². The zero-order chi connectivity index (χ0) is 25.9. The Balaban J connectivity index is 1.42. The Labute approximate surface area is 214 Å². The third kappa shape index (κ3) is 5.05. The van der Waals surface area contributed by atoms with Crippen molar-refractivity contribution >= 4 is 28.4 Å². The molecule has 1 fully saturated rings. The van der Waals surface area contributed by atoms with Crippen LogP contribution < -0.4 is 20.1 Å². The molecule has 2 unspecified atom stereocenters. The number of hydrogen-bond donors (Lipinski definition) is 2. The first kappa shape index (κ1) is 24.5. The highest BCUT2D eigenvalue weighted by Crippen LogP contribution is 2.42. The summed E-state index contributed by atoms with van der Waals surface area (Å²) in [7, 11) is 1.60. The minimum Gasteiger partial charge on any atom is -0.489 e. The number of hydrogen-bond acceptors (Lipinski definition) is 8. The molecule has 190 valence electrons. The summed E-state index contributed by atoms with van der Waals surface area (Å²) in [4.78, 5) is 31.3. The van der Waals surface area contributed by atoms with Crippen molar-refractivity contribution < 1.29 is 23.8 Å². The number of likely N-dealkylation sites (N-methyl/N-ethyl adjacent to an activating group) is 1. The first-order valence-corrected chi connectivity index (χ1v) is 12.1. The smallest absolute Gasteiger partial charge is 0.238 e. The van der Waals surface area contributed by atoms with Gasteiger partial charge in [-0.05, 0) is 31.2 Å². The molecule has 2 aliphatic heterocycles. The Kier molecular flexibility index (Phi) is 6.90. The third-order valence-electron chi connectivity index (χ3n) is 6.54. The predicted molar refractivity (Wildman–Crippen MR) is 136 cm³/mol. The SMILES string of the molecule is CNC(=O)C1c2ccc(Oc3c(C#N)cnc4ccc(NC(=O)CN5CCOCC5)cc34)cc2OC1C. The summed E-state index contributed by atoms with van der Waals surface area (Å²) < 4.78 is 17.4. The largest absolute Gasteiger partial charge is 0.489 e. The van der Waals surface area contributed by atoms with Crippen molar-refractivity contribution in [3.63, 3.8) is 0 Å². The van der Waals surface area contributed by atoms with E-state index in [0.717, 1.165) is 5.56 Å². The van der Waals surface area contributed by atoms with Crippen molar-refractivity contribution in [1.82, 2.24) is 15.2 Å². The Hall–Kier alpha value is -4.20. The molecule has 0 saturated carbocycles. The van der Waals surface area contributed by atoms with Gasteiger partial charge in [0, 0.05) is 49.0 Å². The van der Waals surface area contributed by atoms with Gasteiger partial charge in [0.15, 0.2) is 5.75 Å². The fourth-order valence-electron chi connectivity index (χ4n) is 4.68. The van der Waals surface area contributed by atoms with Crippen molar-refractivity contribution in [1.29, 1.82) is 5.26 Å². The number of ether oxygens (including phenoxy) is 3. The minimum atomic E-state index is -0.408. The maximum atomic E-state index is 12.6. The second-order valence-electron chi connectivity index (χ2n) is 9.00. The van der Waals surface area contributed by atoms with Crippen LogP contribution in [0.15, 0.2) is 42.6 Å². The summed E-state index contributed by atoms with van der Waals surface area (Å²) in [6, 6.07) is 12.7. The van der Waals surface area contributed by atoms with Crippen LogP contribution in [-0.2, 0) is 14.3 Å². The lowest BCUT2D eigenvalue weighted by Crippen LogP contribution is -2.41. The van der Waals surface area contributed by atoms with Gasteiger partial charge in [0.25, 0.3) is 0 Å². The number of anilines is 1. The van der Waals surface area contributed by atoms with Crippen LogP contribution in [0, 0.1) is 11.3 Å². The number of nitriles is 1. The van der Waals surface area contributed by atoms with Gasteiger partial charge in [-0.25, -0.2) is 0 Å². The fourth-order valence-corrected chi connectivity index (χ4v) is 4.68. The van der Waals surface area contributed by atoms with Crippen LogP contribution in [0.1, 0.15) is 24.0 Å². The number of morpholine rings is 1. The lowest BCUT2D eigenvalue weighted by molar-refractivity contribution is -0.123. The van der Waals surface area contributed by atoms with E-state index in [4.69, 9.17) is 14.2 Å². The minimum absolute atomic E-state index is 0.116. The molecule has 0 bridgehead atoms. The highest BCUT2D eigenvalue weighted by atomic mass is 16.5. The van der Waals surface area contributed by atoms with Gasteiger partial charge in [-0.1, -0.05) is 6.07 Å². The second-order valence-corrected chi connectivity index (χ2v) is 9.00. The molecule has 37 heavy (non-hydrogen) atoms. The van der Waals surface area contributed by atoms with Gasteiger partial charge in [-0.15, -0.1) is 0 Å². The lowest BCUT2D eigenvalue weighted by atomic mass is 9.95. The lowest BCUT2D eigenvalue weighted by Gasteiger charge is -2.25. The molecule has 1 saturated heterocycles. The molecule has 0 aliphatic carbocycles. The number of pyridine rings is 1. The molecular formula is C27H27N5O5. The molecule has 10 nitrogen and oxygen atoms in total. The molecule has 2 N–H and O–H groups in total. The first-order valence-electron chi connectivity index (χ1n) is 12.1. The van der Waals surface area contributed by atoms with E-state index in [1.54, 1.807) is 43.4 Å².